The van der Waals surface area contributed by atoms with Crippen LogP contribution in [0.3, 0.4) is 0 Å². The van der Waals surface area contributed by atoms with E-state index in [0.717, 1.165) is 31.5 Å². The molecule has 1 aliphatic rings. The van der Waals surface area contributed by atoms with Crippen molar-refractivity contribution in [3.05, 3.63) is 23.8 Å². The molecule has 0 aromatic heterocycles. The van der Waals surface area contributed by atoms with Crippen LogP contribution in [0.25, 0.3) is 0 Å². The Bertz CT molecular complexity index is 395. The molecule has 2 unspecified atom stereocenters. The minimum absolute atomic E-state index is 0.0915. The first kappa shape index (κ1) is 12.2. The smallest absolute Gasteiger partial charge is 0.124 e. The predicted octanol–water partition coefficient (Wildman–Crippen LogP) is 1.58. The zero-order valence-corrected chi connectivity index (χ0v) is 10.1. The van der Waals surface area contributed by atoms with Gasteiger partial charge in [0.2, 0.25) is 0 Å². The Morgan fingerprint density at radius 2 is 2.18 bits per heavy atom. The lowest BCUT2D eigenvalue weighted by atomic mass is 10.00. The molecule has 4 nitrogen and oxygen atoms in total. The number of aromatic hydroxyl groups is 2. The van der Waals surface area contributed by atoms with Gasteiger partial charge in [-0.15, -0.1) is 0 Å². The number of nitrogens with zero attached hydrogens (tertiary/aromatic N) is 1. The van der Waals surface area contributed by atoms with Crippen LogP contribution in [0.1, 0.15) is 31.4 Å². The SMILES string of the molecule is CC(c1ccc(O)cc1O)N1CCCC(N)C1. The quantitative estimate of drug-likeness (QED) is 0.729. The van der Waals surface area contributed by atoms with Crippen LogP contribution in [0.4, 0.5) is 0 Å². The number of hydrogen-bond acceptors (Lipinski definition) is 4. The predicted molar refractivity (Wildman–Crippen MR) is 67.0 cm³/mol. The van der Waals surface area contributed by atoms with Crippen LogP contribution in [0.2, 0.25) is 0 Å². The van der Waals surface area contributed by atoms with E-state index >= 15 is 0 Å². The lowest BCUT2D eigenvalue weighted by Crippen LogP contribution is -2.43. The number of hydrogen-bond donors (Lipinski definition) is 3. The van der Waals surface area contributed by atoms with Gasteiger partial charge in [-0.25, -0.2) is 0 Å². The maximum absolute atomic E-state index is 9.84. The number of piperidine rings is 1. The molecule has 1 aliphatic heterocycles. The fourth-order valence-corrected chi connectivity index (χ4v) is 2.47. The topological polar surface area (TPSA) is 69.7 Å². The van der Waals surface area contributed by atoms with Gasteiger partial charge in [-0.1, -0.05) is 6.07 Å². The fourth-order valence-electron chi connectivity index (χ4n) is 2.47. The summed E-state index contributed by atoms with van der Waals surface area (Å²) >= 11 is 0. The van der Waals surface area contributed by atoms with Crippen molar-refractivity contribution in [1.29, 1.82) is 0 Å². The number of phenols is 2. The van der Waals surface area contributed by atoms with E-state index < -0.39 is 0 Å². The van der Waals surface area contributed by atoms with Gasteiger partial charge in [0.25, 0.3) is 0 Å². The highest BCUT2D eigenvalue weighted by Gasteiger charge is 2.23. The van der Waals surface area contributed by atoms with E-state index in [2.05, 4.69) is 11.8 Å². The third-order valence-corrected chi connectivity index (χ3v) is 3.50. The van der Waals surface area contributed by atoms with Gasteiger partial charge in [-0.3, -0.25) is 4.90 Å². The summed E-state index contributed by atoms with van der Waals surface area (Å²) in [5.41, 5.74) is 6.80. The number of benzene rings is 1. The molecule has 1 aromatic carbocycles. The zero-order valence-electron chi connectivity index (χ0n) is 10.1. The van der Waals surface area contributed by atoms with Crippen molar-refractivity contribution in [3.8, 4) is 11.5 Å². The van der Waals surface area contributed by atoms with E-state index in [4.69, 9.17) is 5.73 Å². The third-order valence-electron chi connectivity index (χ3n) is 3.50. The van der Waals surface area contributed by atoms with Gasteiger partial charge in [0.05, 0.1) is 0 Å². The Hall–Kier alpha value is -1.26. The van der Waals surface area contributed by atoms with Gasteiger partial charge in [0.15, 0.2) is 0 Å². The van der Waals surface area contributed by atoms with Crippen molar-refractivity contribution >= 4 is 0 Å². The number of nitrogens with two attached hydrogens (primary N) is 1. The summed E-state index contributed by atoms with van der Waals surface area (Å²) in [7, 11) is 0. The molecule has 1 saturated heterocycles. The summed E-state index contributed by atoms with van der Waals surface area (Å²) in [6, 6.07) is 5.12. The highest BCUT2D eigenvalue weighted by Crippen LogP contribution is 2.32. The van der Waals surface area contributed by atoms with Gasteiger partial charge in [-0.05, 0) is 32.4 Å². The molecule has 17 heavy (non-hydrogen) atoms. The van der Waals surface area contributed by atoms with Crippen molar-refractivity contribution < 1.29 is 10.2 Å². The van der Waals surface area contributed by atoms with Crippen LogP contribution in [0, 0.1) is 0 Å². The summed E-state index contributed by atoms with van der Waals surface area (Å²) in [6.45, 7) is 3.93. The fraction of sp³-hybridized carbons (Fsp3) is 0.538. The second-order valence-electron chi connectivity index (χ2n) is 4.82. The first-order chi connectivity index (χ1) is 8.08. The normalized spacial score (nSPS) is 23.5. The van der Waals surface area contributed by atoms with Gasteiger partial charge in [0.1, 0.15) is 11.5 Å². The molecule has 94 valence electrons. The third kappa shape index (κ3) is 2.70. The molecular weight excluding hydrogens is 216 g/mol. The van der Waals surface area contributed by atoms with Crippen LogP contribution in [-0.2, 0) is 0 Å². The van der Waals surface area contributed by atoms with Crippen LogP contribution in [0.15, 0.2) is 18.2 Å². The van der Waals surface area contributed by atoms with Gasteiger partial charge >= 0.3 is 0 Å². The summed E-state index contributed by atoms with van der Waals surface area (Å²) in [6.07, 6.45) is 2.18. The summed E-state index contributed by atoms with van der Waals surface area (Å²) in [4.78, 5) is 2.28. The molecule has 0 saturated carbocycles. The second kappa shape index (κ2) is 4.94. The maximum Gasteiger partial charge on any atom is 0.124 e. The van der Waals surface area contributed by atoms with Crippen molar-refractivity contribution in [2.45, 2.75) is 31.8 Å². The van der Waals surface area contributed by atoms with Crippen LogP contribution in [-0.4, -0.2) is 34.2 Å². The van der Waals surface area contributed by atoms with Crippen molar-refractivity contribution in [2.24, 2.45) is 5.73 Å². The zero-order chi connectivity index (χ0) is 12.4. The number of phenolic OH excluding ortho intramolecular Hbond substituents is 2. The van der Waals surface area contributed by atoms with E-state index in [0.29, 0.717) is 0 Å². The molecule has 1 fully saturated rings. The Morgan fingerprint density at radius 3 is 2.82 bits per heavy atom. The molecule has 0 spiro atoms. The summed E-state index contributed by atoms with van der Waals surface area (Å²) < 4.78 is 0. The minimum Gasteiger partial charge on any atom is -0.508 e. The molecule has 4 heteroatoms. The van der Waals surface area contributed by atoms with Crippen LogP contribution in [0.5, 0.6) is 11.5 Å². The lowest BCUT2D eigenvalue weighted by molar-refractivity contribution is 0.157. The highest BCUT2D eigenvalue weighted by molar-refractivity contribution is 5.40. The molecule has 4 N–H and O–H groups in total. The molecule has 1 heterocycles. The average molecular weight is 236 g/mol. The van der Waals surface area contributed by atoms with Gasteiger partial charge < -0.3 is 15.9 Å². The lowest BCUT2D eigenvalue weighted by Gasteiger charge is -2.35. The van der Waals surface area contributed by atoms with Crippen LogP contribution >= 0.6 is 0 Å². The molecule has 0 bridgehead atoms. The molecule has 0 aliphatic carbocycles. The highest BCUT2D eigenvalue weighted by atomic mass is 16.3. The van der Waals surface area contributed by atoms with Crippen molar-refractivity contribution in [1.82, 2.24) is 4.90 Å². The largest absolute Gasteiger partial charge is 0.508 e. The minimum atomic E-state index is 0.0915. The van der Waals surface area contributed by atoms with E-state index in [-0.39, 0.29) is 23.6 Å². The summed E-state index contributed by atoms with van der Waals surface area (Å²) in [5.74, 6) is 0.241. The Kier molecular flexibility index (Phi) is 3.54. The first-order valence-corrected chi connectivity index (χ1v) is 6.09. The van der Waals surface area contributed by atoms with Gasteiger partial charge in [-0.2, -0.15) is 0 Å². The van der Waals surface area contributed by atoms with Crippen molar-refractivity contribution in [2.75, 3.05) is 13.1 Å². The standard InChI is InChI=1S/C13H20N2O2/c1-9(15-6-2-3-10(14)8-15)12-5-4-11(16)7-13(12)17/h4-5,7,9-10,16-17H,2-3,6,8,14H2,1H3. The van der Waals surface area contributed by atoms with E-state index in [1.165, 1.54) is 6.07 Å². The Labute approximate surface area is 102 Å². The molecule has 2 rings (SSSR count). The molecule has 2 atom stereocenters. The molecule has 1 aromatic rings. The Balaban J connectivity index is 2.15. The average Bonchev–Trinajstić information content (AvgIpc) is 2.28. The van der Waals surface area contributed by atoms with E-state index in [1.54, 1.807) is 12.1 Å². The second-order valence-corrected chi connectivity index (χ2v) is 4.82. The van der Waals surface area contributed by atoms with Gasteiger partial charge in [0, 0.05) is 30.3 Å². The summed E-state index contributed by atoms with van der Waals surface area (Å²) in [5, 5.41) is 19.1. The first-order valence-electron chi connectivity index (χ1n) is 6.09. The van der Waals surface area contributed by atoms with Crippen molar-refractivity contribution in [3.63, 3.8) is 0 Å². The monoisotopic (exact) mass is 236 g/mol. The Morgan fingerprint density at radius 1 is 1.41 bits per heavy atom. The maximum atomic E-state index is 9.84. The van der Waals surface area contributed by atoms with E-state index in [1.807, 2.05) is 0 Å². The van der Waals surface area contributed by atoms with E-state index in [9.17, 15) is 10.2 Å². The molecule has 0 radical (unpaired) electrons. The molecule has 0 amide bonds. The van der Waals surface area contributed by atoms with Crippen LogP contribution < -0.4 is 5.73 Å². The number of likely N-dealkylation sites (tertiary alicyclic amines) is 1. The number of rotatable bonds is 2. The molecular formula is C13H20N2O2.